The van der Waals surface area contributed by atoms with Crippen molar-refractivity contribution in [3.63, 3.8) is 0 Å². The molecule has 11 heteroatoms. The average Bonchev–Trinajstić information content (AvgIpc) is 3.34. The molecule has 2 aliphatic carbocycles. The largest absolute Gasteiger partial charge is 0.222 e. The Hall–Kier alpha value is -2.83. The fourth-order valence-electron chi connectivity index (χ4n) is 3.52. The molecule has 0 spiro atoms. The Morgan fingerprint density at radius 1 is 0.730 bits per heavy atom. The zero-order valence-corrected chi connectivity index (χ0v) is 21.9. The molecule has 0 saturated carbocycles. The van der Waals surface area contributed by atoms with Gasteiger partial charge >= 0.3 is 0 Å². The van der Waals surface area contributed by atoms with E-state index in [-0.39, 0.29) is 0 Å². The lowest BCUT2D eigenvalue weighted by atomic mass is 10.1. The van der Waals surface area contributed by atoms with E-state index in [1.54, 1.807) is 9.81 Å². The molecular formula is C26H22ClN4O4S2-. The number of rotatable bonds is 3. The third-order valence-corrected chi connectivity index (χ3v) is 8.08. The van der Waals surface area contributed by atoms with E-state index in [4.69, 9.17) is 18.6 Å². The van der Waals surface area contributed by atoms with Crippen LogP contribution in [-0.4, -0.2) is 11.5 Å². The van der Waals surface area contributed by atoms with Crippen molar-refractivity contribution in [2.24, 2.45) is 20.4 Å². The maximum Gasteiger partial charge on any atom is 0.203 e. The van der Waals surface area contributed by atoms with E-state index in [1.165, 1.54) is 35.5 Å². The standard InChI is InChI=1S/C26H22N4S2.ClHO4/c1-3-9-19(10-4-1)25(29-27-21-11-5-2-6-12-21)30-28-22-17-15-20(16-18-22)26-31-23-13-7-8-14-24(23)32-26;2-1(3,4)5/h1-6,9-12,15-18H,7-8,13-14H2;(H,2,3,4,5)/p-1/b29-27?,30-25-;. The van der Waals surface area contributed by atoms with E-state index < -0.39 is 10.2 Å². The Morgan fingerprint density at radius 3 is 1.84 bits per heavy atom. The predicted molar refractivity (Wildman–Crippen MR) is 137 cm³/mol. The number of nitrogens with zero attached hydrogens (tertiary/aromatic N) is 4. The second kappa shape index (κ2) is 13.1. The molecule has 0 fully saturated rings. The highest BCUT2D eigenvalue weighted by Crippen LogP contribution is 2.55. The molecular weight excluding hydrogens is 532 g/mol. The van der Waals surface area contributed by atoms with Crippen LogP contribution >= 0.6 is 23.5 Å². The number of hydrogen-bond acceptors (Lipinski definition) is 9. The predicted octanol–water partition coefficient (Wildman–Crippen LogP) is 3.42. The Kier molecular flexibility index (Phi) is 9.64. The van der Waals surface area contributed by atoms with Crippen molar-refractivity contribution in [1.82, 2.24) is 0 Å². The topological polar surface area (TPSA) is 142 Å². The Balaban J connectivity index is 0.000000586. The van der Waals surface area contributed by atoms with Gasteiger partial charge in [0.1, 0.15) is 0 Å². The van der Waals surface area contributed by atoms with Gasteiger partial charge in [0, 0.05) is 15.4 Å². The van der Waals surface area contributed by atoms with E-state index in [0.717, 1.165) is 17.0 Å². The summed E-state index contributed by atoms with van der Waals surface area (Å²) < 4.78 is 35.4. The summed E-state index contributed by atoms with van der Waals surface area (Å²) in [5, 5.41) is 17.5. The second-order valence-corrected chi connectivity index (χ2v) is 11.1. The lowest BCUT2D eigenvalue weighted by Crippen LogP contribution is -2.68. The summed E-state index contributed by atoms with van der Waals surface area (Å²) in [6, 6.07) is 19.4. The van der Waals surface area contributed by atoms with Gasteiger partial charge in [-0.05, 0) is 55.5 Å². The van der Waals surface area contributed by atoms with Crippen molar-refractivity contribution in [1.29, 1.82) is 0 Å². The molecule has 0 bridgehead atoms. The molecule has 0 atom stereocenters. The number of allylic oxidation sites excluding steroid dienone is 7. The first-order chi connectivity index (χ1) is 17.8. The van der Waals surface area contributed by atoms with Gasteiger partial charge in [-0.1, -0.05) is 84.2 Å². The van der Waals surface area contributed by atoms with Crippen molar-refractivity contribution in [2.75, 3.05) is 0 Å². The molecule has 0 radical (unpaired) electrons. The summed E-state index contributed by atoms with van der Waals surface area (Å²) in [7, 11) is -4.94. The summed E-state index contributed by atoms with van der Waals surface area (Å²) in [5.41, 5.74) is 3.70. The van der Waals surface area contributed by atoms with Crippen LogP contribution in [0.25, 0.3) is 0 Å². The van der Waals surface area contributed by atoms with Crippen molar-refractivity contribution < 1.29 is 28.9 Å². The number of amidine groups is 1. The van der Waals surface area contributed by atoms with Gasteiger partial charge in [0.05, 0.1) is 15.6 Å². The van der Waals surface area contributed by atoms with Crippen LogP contribution in [0.2, 0.25) is 0 Å². The SMILES string of the molecule is C1=CC(=C2SC3=C(CCCC3)S2)C=CC1=N/N=C(\N=Nc1ccccc1)c1ccccc1.[O-][Cl+3]([O-])([O-])[O-]. The van der Waals surface area contributed by atoms with Gasteiger partial charge in [-0.3, -0.25) is 0 Å². The van der Waals surface area contributed by atoms with Gasteiger partial charge < -0.3 is 0 Å². The third-order valence-electron chi connectivity index (χ3n) is 5.21. The molecule has 1 aliphatic heterocycles. The van der Waals surface area contributed by atoms with E-state index in [9.17, 15) is 0 Å². The van der Waals surface area contributed by atoms with Crippen molar-refractivity contribution in [3.05, 3.63) is 110 Å². The summed E-state index contributed by atoms with van der Waals surface area (Å²) in [6.07, 6.45) is 13.4. The van der Waals surface area contributed by atoms with Gasteiger partial charge in [0.15, 0.2) is 0 Å². The first kappa shape index (κ1) is 27.2. The molecule has 0 unspecified atom stereocenters. The third kappa shape index (κ3) is 8.90. The average molecular weight is 554 g/mol. The monoisotopic (exact) mass is 553 g/mol. The minimum atomic E-state index is -4.94. The number of benzene rings is 2. The molecule has 37 heavy (non-hydrogen) atoms. The van der Waals surface area contributed by atoms with Gasteiger partial charge in [-0.15, -0.1) is 30.7 Å². The lowest BCUT2D eigenvalue weighted by Gasteiger charge is -2.17. The zero-order valence-electron chi connectivity index (χ0n) is 19.5. The minimum Gasteiger partial charge on any atom is -0.222 e. The fourth-order valence-corrected chi connectivity index (χ4v) is 6.42. The normalized spacial score (nSPS) is 17.7. The highest BCUT2D eigenvalue weighted by molar-refractivity contribution is 8.28. The molecule has 0 N–H and O–H groups in total. The molecule has 5 rings (SSSR count). The minimum absolute atomic E-state index is 0.478. The summed E-state index contributed by atoms with van der Waals surface area (Å²) in [4.78, 5) is 3.15. The molecule has 3 aliphatic rings. The second-order valence-electron chi connectivity index (χ2n) is 7.90. The number of thioether (sulfide) groups is 2. The molecule has 1 heterocycles. The van der Waals surface area contributed by atoms with E-state index in [2.05, 4.69) is 32.6 Å². The molecule has 0 aromatic heterocycles. The van der Waals surface area contributed by atoms with Crippen molar-refractivity contribution in [2.45, 2.75) is 25.7 Å². The molecule has 190 valence electrons. The summed E-state index contributed by atoms with van der Waals surface area (Å²) in [5.74, 6) is 0.478. The first-order valence-corrected chi connectivity index (χ1v) is 14.2. The van der Waals surface area contributed by atoms with Crippen LogP contribution in [0.3, 0.4) is 0 Å². The van der Waals surface area contributed by atoms with Gasteiger partial charge in [-0.2, -0.15) is 0 Å². The Labute approximate surface area is 225 Å². The van der Waals surface area contributed by atoms with Crippen LogP contribution < -0.4 is 18.6 Å². The number of hydrogen-bond donors (Lipinski definition) is 0. The van der Waals surface area contributed by atoms with Gasteiger partial charge in [0.2, 0.25) is 5.84 Å². The number of azo groups is 1. The molecule has 2 aromatic rings. The van der Waals surface area contributed by atoms with E-state index >= 15 is 0 Å². The number of halogens is 1. The van der Waals surface area contributed by atoms with Crippen LogP contribution in [0, 0.1) is 10.2 Å². The highest BCUT2D eigenvalue weighted by Gasteiger charge is 2.24. The molecule has 0 saturated heterocycles. The molecule has 0 amide bonds. The smallest absolute Gasteiger partial charge is 0.203 e. The van der Waals surface area contributed by atoms with Crippen molar-refractivity contribution >= 4 is 40.8 Å². The van der Waals surface area contributed by atoms with E-state index in [1.807, 2.05) is 96.3 Å². The van der Waals surface area contributed by atoms with Crippen LogP contribution in [0.15, 0.2) is 125 Å². The molecule has 8 nitrogen and oxygen atoms in total. The maximum absolute atomic E-state index is 8.49. The quantitative estimate of drug-likeness (QED) is 0.247. The van der Waals surface area contributed by atoms with E-state index in [0.29, 0.717) is 5.84 Å². The zero-order chi connectivity index (χ0) is 26.1. The van der Waals surface area contributed by atoms with Crippen LogP contribution in [-0.2, 0) is 0 Å². The Bertz CT molecular complexity index is 1270. The fraction of sp³-hybridized carbons (Fsp3) is 0.154. The van der Waals surface area contributed by atoms with Crippen LogP contribution in [0.5, 0.6) is 0 Å². The van der Waals surface area contributed by atoms with Gasteiger partial charge in [0.25, 0.3) is 0 Å². The lowest BCUT2D eigenvalue weighted by molar-refractivity contribution is -2.00. The Morgan fingerprint density at radius 2 is 1.27 bits per heavy atom. The van der Waals surface area contributed by atoms with Crippen molar-refractivity contribution in [3.8, 4) is 0 Å². The first-order valence-electron chi connectivity index (χ1n) is 11.3. The molecule has 2 aromatic carbocycles. The van der Waals surface area contributed by atoms with Crippen LogP contribution in [0.1, 0.15) is 31.2 Å². The summed E-state index contributed by atoms with van der Waals surface area (Å²) >= 11 is 3.89. The highest BCUT2D eigenvalue weighted by atomic mass is 35.7. The van der Waals surface area contributed by atoms with Gasteiger partial charge in [-0.25, -0.2) is 18.6 Å². The summed E-state index contributed by atoms with van der Waals surface area (Å²) in [6.45, 7) is 0. The maximum atomic E-state index is 8.49. The van der Waals surface area contributed by atoms with Crippen LogP contribution in [0.4, 0.5) is 5.69 Å².